The smallest absolute Gasteiger partial charge is 0.327 e. The van der Waals surface area contributed by atoms with E-state index in [9.17, 15) is 9.59 Å². The summed E-state index contributed by atoms with van der Waals surface area (Å²) in [5.41, 5.74) is 1.35. The molecule has 1 aromatic carbocycles. The van der Waals surface area contributed by atoms with Crippen LogP contribution in [0, 0.1) is 5.92 Å². The Morgan fingerprint density at radius 3 is 2.67 bits per heavy atom. The fourth-order valence-corrected chi connectivity index (χ4v) is 5.19. The van der Waals surface area contributed by atoms with E-state index >= 15 is 0 Å². The molecule has 1 saturated carbocycles. The number of ether oxygens (including phenoxy) is 2. The number of fused-ring (bicyclic) bond motifs is 1. The number of tetrazole rings is 1. The molecule has 194 valence electrons. The van der Waals surface area contributed by atoms with Gasteiger partial charge in [-0.3, -0.25) is 14.5 Å². The molecule has 1 N–H and O–H groups in total. The van der Waals surface area contributed by atoms with E-state index in [1.807, 2.05) is 31.2 Å². The number of aromatic nitrogens is 5. The van der Waals surface area contributed by atoms with E-state index in [1.54, 1.807) is 6.92 Å². The van der Waals surface area contributed by atoms with Crippen LogP contribution >= 0.6 is 0 Å². The predicted octanol–water partition coefficient (Wildman–Crippen LogP) is 3.62. The van der Waals surface area contributed by atoms with Crippen molar-refractivity contribution in [2.24, 2.45) is 5.92 Å². The lowest BCUT2D eigenvalue weighted by Crippen LogP contribution is -2.41. The highest BCUT2D eigenvalue weighted by Gasteiger charge is 2.35. The molecule has 1 unspecified atom stereocenters. The first-order valence-corrected chi connectivity index (χ1v) is 12.9. The lowest BCUT2D eigenvalue weighted by molar-refractivity contribution is -0.144. The fraction of sp³-hybridized carbons (Fsp3) is 0.577. The average molecular weight is 497 g/mol. The van der Waals surface area contributed by atoms with E-state index in [0.717, 1.165) is 42.3 Å². The van der Waals surface area contributed by atoms with Gasteiger partial charge in [0.05, 0.1) is 19.3 Å². The van der Waals surface area contributed by atoms with E-state index in [1.165, 1.54) is 4.68 Å². The molecule has 1 aliphatic carbocycles. The summed E-state index contributed by atoms with van der Waals surface area (Å²) in [6.45, 7) is 9.24. The fourth-order valence-electron chi connectivity index (χ4n) is 5.19. The Morgan fingerprint density at radius 2 is 1.97 bits per heavy atom. The van der Waals surface area contributed by atoms with Crippen molar-refractivity contribution in [2.75, 3.05) is 13.2 Å². The second kappa shape index (κ2) is 11.6. The van der Waals surface area contributed by atoms with Crippen LogP contribution in [0.3, 0.4) is 0 Å². The zero-order valence-electron chi connectivity index (χ0n) is 21.6. The van der Waals surface area contributed by atoms with Gasteiger partial charge < -0.3 is 14.5 Å². The largest absolute Gasteiger partial charge is 0.494 e. The average Bonchev–Trinajstić information content (AvgIpc) is 3.52. The number of benzene rings is 1. The first-order valence-electron chi connectivity index (χ1n) is 12.9. The van der Waals surface area contributed by atoms with Crippen LogP contribution in [0.25, 0.3) is 10.9 Å². The molecule has 1 fully saturated rings. The number of nitrogens with zero attached hydrogens (tertiary/aromatic N) is 5. The van der Waals surface area contributed by atoms with E-state index in [4.69, 9.17) is 9.47 Å². The summed E-state index contributed by atoms with van der Waals surface area (Å²) >= 11 is 0. The molecule has 2 heterocycles. The molecule has 0 spiro atoms. The molecule has 3 aromatic rings. The molecule has 0 amide bonds. The van der Waals surface area contributed by atoms with Crippen LogP contribution in [0.4, 0.5) is 0 Å². The first-order chi connectivity index (χ1) is 17.4. The third-order valence-corrected chi connectivity index (χ3v) is 6.75. The normalized spacial score (nSPS) is 15.2. The molecular formula is C26H36N6O4. The summed E-state index contributed by atoms with van der Waals surface area (Å²) in [4.78, 5) is 30.7. The van der Waals surface area contributed by atoms with Crippen molar-refractivity contribution in [3.05, 3.63) is 46.0 Å². The van der Waals surface area contributed by atoms with Crippen LogP contribution in [-0.4, -0.2) is 55.3 Å². The first kappa shape index (κ1) is 25.8. The highest BCUT2D eigenvalue weighted by molar-refractivity contribution is 5.80. The van der Waals surface area contributed by atoms with Crippen LogP contribution in [0.2, 0.25) is 0 Å². The summed E-state index contributed by atoms with van der Waals surface area (Å²) in [7, 11) is 0. The minimum Gasteiger partial charge on any atom is -0.494 e. The Kier molecular flexibility index (Phi) is 8.35. The van der Waals surface area contributed by atoms with Crippen molar-refractivity contribution >= 4 is 16.9 Å². The van der Waals surface area contributed by atoms with Gasteiger partial charge in [-0.05, 0) is 67.3 Å². The van der Waals surface area contributed by atoms with Crippen LogP contribution in [0.1, 0.15) is 70.8 Å². The van der Waals surface area contributed by atoms with Gasteiger partial charge in [-0.1, -0.05) is 26.7 Å². The third-order valence-electron chi connectivity index (χ3n) is 6.75. The third kappa shape index (κ3) is 5.75. The van der Waals surface area contributed by atoms with Crippen LogP contribution in [0.15, 0.2) is 29.1 Å². The predicted molar refractivity (Wildman–Crippen MR) is 136 cm³/mol. The standard InChI is InChI=1S/C26H36N6O4/c1-5-35-21-11-12-22-18(14-21)13-19(26(34)27-22)15-31(20-9-7-8-10-20)24(17(3)4)25-28-29-30-32(25)16-23(33)36-6-2/h11-14,17,20,24H,5-10,15-16H2,1-4H3,(H,27,34). The van der Waals surface area contributed by atoms with Crippen molar-refractivity contribution < 1.29 is 14.3 Å². The minimum atomic E-state index is -0.378. The van der Waals surface area contributed by atoms with Gasteiger partial charge in [-0.2, -0.15) is 0 Å². The van der Waals surface area contributed by atoms with Crippen molar-refractivity contribution in [3.8, 4) is 5.75 Å². The Labute approximate surface area is 211 Å². The van der Waals surface area contributed by atoms with Crippen molar-refractivity contribution in [2.45, 2.75) is 78.6 Å². The Balaban J connectivity index is 1.72. The topological polar surface area (TPSA) is 115 Å². The van der Waals surface area contributed by atoms with Crippen LogP contribution < -0.4 is 10.3 Å². The van der Waals surface area contributed by atoms with E-state index in [2.05, 4.69) is 39.3 Å². The minimum absolute atomic E-state index is 0.0470. The molecule has 10 heteroatoms. The lowest BCUT2D eigenvalue weighted by Gasteiger charge is -2.37. The highest BCUT2D eigenvalue weighted by Crippen LogP contribution is 2.36. The maximum Gasteiger partial charge on any atom is 0.327 e. The zero-order chi connectivity index (χ0) is 25.7. The molecule has 0 radical (unpaired) electrons. The Morgan fingerprint density at radius 1 is 1.19 bits per heavy atom. The van der Waals surface area contributed by atoms with Gasteiger partial charge in [-0.25, -0.2) is 4.68 Å². The van der Waals surface area contributed by atoms with E-state index < -0.39 is 0 Å². The molecule has 0 bridgehead atoms. The summed E-state index contributed by atoms with van der Waals surface area (Å²) in [6.07, 6.45) is 4.38. The molecule has 1 atom stereocenters. The Hall–Kier alpha value is -3.27. The number of hydrogen-bond donors (Lipinski definition) is 1. The molecular weight excluding hydrogens is 460 g/mol. The molecule has 1 aliphatic rings. The van der Waals surface area contributed by atoms with E-state index in [0.29, 0.717) is 31.1 Å². The molecule has 0 saturated heterocycles. The van der Waals surface area contributed by atoms with Gasteiger partial charge in [0, 0.05) is 29.1 Å². The van der Waals surface area contributed by atoms with Crippen molar-refractivity contribution in [1.82, 2.24) is 30.1 Å². The quantitative estimate of drug-likeness (QED) is 0.400. The summed E-state index contributed by atoms with van der Waals surface area (Å²) < 4.78 is 12.3. The lowest BCUT2D eigenvalue weighted by atomic mass is 9.97. The summed E-state index contributed by atoms with van der Waals surface area (Å²) in [5, 5.41) is 13.2. The second-order valence-corrected chi connectivity index (χ2v) is 9.60. The summed E-state index contributed by atoms with van der Waals surface area (Å²) in [6, 6.07) is 7.76. The van der Waals surface area contributed by atoms with Gasteiger partial charge >= 0.3 is 5.97 Å². The zero-order valence-corrected chi connectivity index (χ0v) is 21.6. The number of pyridine rings is 1. The highest BCUT2D eigenvalue weighted by atomic mass is 16.5. The number of H-pyrrole nitrogens is 1. The van der Waals surface area contributed by atoms with Gasteiger partial charge in [-0.15, -0.1) is 5.10 Å². The number of hydrogen-bond acceptors (Lipinski definition) is 8. The molecule has 10 nitrogen and oxygen atoms in total. The monoisotopic (exact) mass is 496 g/mol. The van der Waals surface area contributed by atoms with Gasteiger partial charge in [0.1, 0.15) is 12.3 Å². The number of nitrogens with one attached hydrogen (secondary N) is 1. The van der Waals surface area contributed by atoms with Gasteiger partial charge in [0.25, 0.3) is 5.56 Å². The second-order valence-electron chi connectivity index (χ2n) is 9.60. The maximum atomic E-state index is 13.1. The molecule has 0 aliphatic heterocycles. The number of carbonyl (C=O) groups excluding carboxylic acids is 1. The number of esters is 1. The van der Waals surface area contributed by atoms with Gasteiger partial charge in [0.2, 0.25) is 0 Å². The number of carbonyl (C=O) groups is 1. The molecule has 36 heavy (non-hydrogen) atoms. The van der Waals surface area contributed by atoms with Crippen molar-refractivity contribution in [1.29, 1.82) is 0 Å². The van der Waals surface area contributed by atoms with Crippen molar-refractivity contribution in [3.63, 3.8) is 0 Å². The number of rotatable bonds is 11. The van der Waals surface area contributed by atoms with Crippen LogP contribution in [0.5, 0.6) is 5.75 Å². The van der Waals surface area contributed by atoms with E-state index in [-0.39, 0.29) is 36.1 Å². The van der Waals surface area contributed by atoms with Gasteiger partial charge in [0.15, 0.2) is 5.82 Å². The van der Waals surface area contributed by atoms with Crippen LogP contribution in [-0.2, 0) is 22.6 Å². The molecule has 4 rings (SSSR count). The maximum absolute atomic E-state index is 13.1. The number of aromatic amines is 1. The SMILES string of the molecule is CCOC(=O)Cn1nnnc1C(C(C)C)N(Cc1cc2cc(OCC)ccc2[nH]c1=O)C1CCCC1. The molecule has 2 aromatic heterocycles. The Bertz CT molecular complexity index is 1230. The summed E-state index contributed by atoms with van der Waals surface area (Å²) in [5.74, 6) is 1.15.